The van der Waals surface area contributed by atoms with Crippen molar-refractivity contribution in [3.05, 3.63) is 23.8 Å². The number of amides is 1. The lowest BCUT2D eigenvalue weighted by atomic mass is 9.47. The summed E-state index contributed by atoms with van der Waals surface area (Å²) in [6.45, 7) is 18.8. The van der Waals surface area contributed by atoms with Crippen LogP contribution in [0.5, 0.6) is 0 Å². The number of nitrogens with one attached hydrogen (secondary N) is 3. The lowest BCUT2D eigenvalue weighted by Gasteiger charge is -2.58. The minimum Gasteiger partial charge on any atom is -0.387 e. The van der Waals surface area contributed by atoms with Gasteiger partial charge in [0, 0.05) is 19.0 Å². The maximum Gasteiger partial charge on any atom is 0.472 e. The van der Waals surface area contributed by atoms with Gasteiger partial charge in [-0.05, 0) is 143 Å². The zero-order chi connectivity index (χ0) is 58.4. The first-order valence-electron chi connectivity index (χ1n) is 35.3. The molecule has 4 rings (SSSR count). The number of hydrogen-bond acceptors (Lipinski definition) is 8. The van der Waals surface area contributed by atoms with Gasteiger partial charge in [0.15, 0.2) is 0 Å². The fourth-order valence-electron chi connectivity index (χ4n) is 15.6. The van der Waals surface area contributed by atoms with Crippen molar-refractivity contribution in [2.24, 2.45) is 46.3 Å². The molecule has 1 unspecified atom stereocenters. The molecule has 474 valence electrons. The van der Waals surface area contributed by atoms with Crippen molar-refractivity contribution >= 4 is 13.7 Å². The maximum atomic E-state index is 13.1. The highest BCUT2D eigenvalue weighted by Gasteiger charge is 2.59. The predicted molar refractivity (Wildman–Crippen MR) is 342 cm³/mol. The normalized spacial score (nSPS) is 25.6. The number of unbranched alkanes of at least 4 members (excludes halogenated alkanes) is 27. The second-order valence-electron chi connectivity index (χ2n) is 27.7. The number of carbonyl (C=O) groups excluding carboxylic acids is 1. The Kier molecular flexibility index (Phi) is 38.1. The average Bonchev–Trinajstić information content (AvgIpc) is 4.08. The van der Waals surface area contributed by atoms with Crippen LogP contribution in [0.2, 0.25) is 0 Å². The van der Waals surface area contributed by atoms with Crippen LogP contribution in [0.3, 0.4) is 0 Å². The molecule has 11 heteroatoms. The van der Waals surface area contributed by atoms with Crippen molar-refractivity contribution in [3.8, 4) is 0 Å². The first-order chi connectivity index (χ1) is 39.2. The van der Waals surface area contributed by atoms with E-state index in [9.17, 15) is 19.4 Å². The van der Waals surface area contributed by atoms with Crippen LogP contribution >= 0.6 is 7.82 Å². The van der Waals surface area contributed by atoms with Gasteiger partial charge >= 0.3 is 7.82 Å². The van der Waals surface area contributed by atoms with Crippen molar-refractivity contribution in [3.63, 3.8) is 0 Å². The topological polar surface area (TPSA) is 138 Å². The summed E-state index contributed by atoms with van der Waals surface area (Å²) >= 11 is 0. The smallest absolute Gasteiger partial charge is 0.387 e. The number of hydrogen-bond donors (Lipinski definition) is 5. The molecule has 0 heterocycles. The first kappa shape index (κ1) is 72.4. The number of hydroxylamine groups is 1. The summed E-state index contributed by atoms with van der Waals surface area (Å²) in [7, 11) is -4.42. The zero-order valence-corrected chi connectivity index (χ0v) is 54.9. The van der Waals surface area contributed by atoms with Crippen molar-refractivity contribution in [1.29, 1.82) is 0 Å². The fraction of sp³-hybridized carbons (Fsp3) is 0.929. The fourth-order valence-corrected chi connectivity index (χ4v) is 16.3. The van der Waals surface area contributed by atoms with Gasteiger partial charge in [0.25, 0.3) is 0 Å². The van der Waals surface area contributed by atoms with E-state index in [0.29, 0.717) is 36.4 Å². The van der Waals surface area contributed by atoms with Crippen LogP contribution in [0.4, 0.5) is 0 Å². The highest BCUT2D eigenvalue weighted by molar-refractivity contribution is 7.47. The molecule has 0 spiro atoms. The van der Waals surface area contributed by atoms with Gasteiger partial charge in [-0.3, -0.25) is 13.8 Å². The predicted octanol–water partition coefficient (Wildman–Crippen LogP) is 19.2. The molecule has 10 nitrogen and oxygen atoms in total. The van der Waals surface area contributed by atoms with Crippen LogP contribution < -0.4 is 16.1 Å². The molecular formula is C70H132N3O7P. The van der Waals surface area contributed by atoms with E-state index < -0.39 is 20.0 Å². The third-order valence-electron chi connectivity index (χ3n) is 20.7. The summed E-state index contributed by atoms with van der Waals surface area (Å²) in [5.74, 6) is 5.01. The summed E-state index contributed by atoms with van der Waals surface area (Å²) in [6, 6.07) is -0.476. The molecule has 5 N–H and O–H groups in total. The second-order valence-corrected chi connectivity index (χ2v) is 29.2. The average molecular weight is 1160 g/mol. The van der Waals surface area contributed by atoms with E-state index in [0.717, 1.165) is 106 Å². The number of rotatable bonds is 51. The van der Waals surface area contributed by atoms with Gasteiger partial charge in [-0.1, -0.05) is 246 Å². The lowest BCUT2D eigenvalue weighted by molar-refractivity contribution is -0.123. The molecule has 81 heavy (non-hydrogen) atoms. The molecule has 3 fully saturated rings. The Balaban J connectivity index is 1.06. The van der Waals surface area contributed by atoms with E-state index in [-0.39, 0.29) is 19.1 Å². The highest BCUT2D eigenvalue weighted by atomic mass is 31.2. The lowest BCUT2D eigenvalue weighted by Crippen LogP contribution is -2.51. The van der Waals surface area contributed by atoms with Crippen LogP contribution in [-0.4, -0.2) is 67.0 Å². The Morgan fingerprint density at radius 1 is 0.679 bits per heavy atom. The number of carbonyl (C=O) groups is 1. The monoisotopic (exact) mass is 1160 g/mol. The largest absolute Gasteiger partial charge is 0.472 e. The number of aliphatic hydroxyl groups excluding tert-OH is 1. The van der Waals surface area contributed by atoms with Gasteiger partial charge in [0.1, 0.15) is 0 Å². The molecule has 4 aliphatic carbocycles. The SMILES string of the molecule is CCCCCCCCCCCCC/C=C/[C@@H](O)[C@@H](COP(=O)(O)OCCNCCCCCON[C@H]1CC[C@@]2(C)C(=CC[C@H]3[C@@H]4CC[C@H]([C@H](C)CCCC(C)C)[C@@]4(C)CC[C@@H]32)C1)NC(=O)CCCCCCCCCCCCCCCCC. The molecule has 0 aromatic rings. The van der Waals surface area contributed by atoms with E-state index in [2.05, 4.69) is 70.7 Å². The van der Waals surface area contributed by atoms with E-state index in [1.807, 2.05) is 6.08 Å². The van der Waals surface area contributed by atoms with Crippen molar-refractivity contribution in [1.82, 2.24) is 16.1 Å². The van der Waals surface area contributed by atoms with Gasteiger partial charge in [-0.15, -0.1) is 0 Å². The standard InChI is InChI=1S/C70H132N3O7P/c1-8-10-12-14-16-18-20-22-23-25-27-29-31-33-36-43-68(75)72-66(67(74)42-35-32-30-28-26-24-21-19-17-15-13-11-9-2)57-80-81(76,77)79-55-53-71-52-37-34-38-54-78-73-61-48-50-69(6)60(56-61)44-45-62-64-47-46-63(59(5)41-39-40-58(3)4)70(64,7)51-49-65(62)69/h35,42,44,58-59,61-67,71,73-74H,8-34,36-41,43,45-57H2,1-7H3,(H,72,75)(H,76,77)/b42-35+/t59-,61+,62+,63-,64+,65+,66-,67-,69+,70-/m1/s1. The summed E-state index contributed by atoms with van der Waals surface area (Å²) in [4.78, 5) is 29.8. The van der Waals surface area contributed by atoms with Crippen LogP contribution in [-0.2, 0) is 23.2 Å². The number of aliphatic hydroxyl groups is 1. The molecule has 0 saturated heterocycles. The first-order valence-corrected chi connectivity index (χ1v) is 36.8. The summed E-state index contributed by atoms with van der Waals surface area (Å²) < 4.78 is 23.7. The van der Waals surface area contributed by atoms with E-state index in [1.165, 1.54) is 199 Å². The third-order valence-corrected chi connectivity index (χ3v) is 21.7. The molecule has 0 aliphatic heterocycles. The number of phosphoric acid groups is 1. The molecule has 0 radical (unpaired) electrons. The zero-order valence-electron chi connectivity index (χ0n) is 54.0. The van der Waals surface area contributed by atoms with Crippen LogP contribution in [0.15, 0.2) is 23.8 Å². The van der Waals surface area contributed by atoms with E-state index in [4.69, 9.17) is 13.9 Å². The minimum atomic E-state index is -4.42. The van der Waals surface area contributed by atoms with Gasteiger partial charge in [-0.2, -0.15) is 5.48 Å². The molecule has 11 atom stereocenters. The van der Waals surface area contributed by atoms with Crippen molar-refractivity contribution in [2.45, 2.75) is 336 Å². The second kappa shape index (κ2) is 42.7. The molecule has 0 aromatic heterocycles. The summed E-state index contributed by atoms with van der Waals surface area (Å²) in [5, 5.41) is 17.4. The molecular weight excluding hydrogens is 1030 g/mol. The summed E-state index contributed by atoms with van der Waals surface area (Å²) in [5.41, 5.74) is 6.06. The van der Waals surface area contributed by atoms with E-state index in [1.54, 1.807) is 11.6 Å². The Hall–Kier alpha value is -1.10. The van der Waals surface area contributed by atoms with Crippen molar-refractivity contribution in [2.75, 3.05) is 32.9 Å². The Labute approximate surface area is 500 Å². The Morgan fingerprint density at radius 3 is 1.89 bits per heavy atom. The Bertz CT molecular complexity index is 1710. The summed E-state index contributed by atoms with van der Waals surface area (Å²) in [6.07, 6.45) is 57.3. The molecule has 3 saturated carbocycles. The van der Waals surface area contributed by atoms with Crippen LogP contribution in [0.25, 0.3) is 0 Å². The number of fused-ring (bicyclic) bond motifs is 5. The quantitative estimate of drug-likeness (QED) is 0.0174. The number of allylic oxidation sites excluding steroid dienone is 2. The molecule has 4 aliphatic rings. The third kappa shape index (κ3) is 28.5. The van der Waals surface area contributed by atoms with Crippen LogP contribution in [0.1, 0.15) is 318 Å². The van der Waals surface area contributed by atoms with E-state index >= 15 is 0 Å². The van der Waals surface area contributed by atoms with Gasteiger partial charge in [0.2, 0.25) is 5.91 Å². The Morgan fingerprint density at radius 2 is 1.27 bits per heavy atom. The molecule has 1 amide bonds. The van der Waals surface area contributed by atoms with Gasteiger partial charge < -0.3 is 25.5 Å². The number of phosphoric ester groups is 1. The minimum absolute atomic E-state index is 0.00903. The van der Waals surface area contributed by atoms with Gasteiger partial charge in [-0.25, -0.2) is 4.57 Å². The maximum absolute atomic E-state index is 13.1. The highest BCUT2D eigenvalue weighted by Crippen LogP contribution is 2.67. The van der Waals surface area contributed by atoms with Crippen molar-refractivity contribution < 1.29 is 33.2 Å². The molecule has 0 bridgehead atoms. The van der Waals surface area contributed by atoms with Crippen LogP contribution in [0, 0.1) is 46.3 Å². The molecule has 0 aromatic carbocycles. The van der Waals surface area contributed by atoms with Gasteiger partial charge in [0.05, 0.1) is 32.0 Å².